The number of hydrogen-bond acceptors (Lipinski definition) is 4. The molecule has 0 aromatic heterocycles. The Kier molecular flexibility index (Phi) is 4.26. The van der Waals surface area contributed by atoms with Crippen LogP contribution in [0.1, 0.15) is 29.2 Å². The first kappa shape index (κ1) is 19.3. The highest BCUT2D eigenvalue weighted by atomic mass is 79.9. The number of anilines is 1. The number of hydrogen-bond donors (Lipinski definition) is 1. The van der Waals surface area contributed by atoms with Gasteiger partial charge in [-0.25, -0.2) is 5.01 Å². The molecule has 0 fully saturated rings. The van der Waals surface area contributed by atoms with Gasteiger partial charge in [0.2, 0.25) is 0 Å². The van der Waals surface area contributed by atoms with Crippen molar-refractivity contribution in [2.24, 2.45) is 5.10 Å². The van der Waals surface area contributed by atoms with Crippen LogP contribution in [-0.4, -0.2) is 16.6 Å². The van der Waals surface area contributed by atoms with E-state index in [-0.39, 0.29) is 11.9 Å². The zero-order valence-corrected chi connectivity index (χ0v) is 19.8. The van der Waals surface area contributed by atoms with E-state index in [1.54, 1.807) is 11.1 Å². The molecule has 0 saturated heterocycles. The van der Waals surface area contributed by atoms with Gasteiger partial charge in [-0.2, -0.15) is 5.10 Å². The summed E-state index contributed by atoms with van der Waals surface area (Å²) in [5, 5.41) is 10.3. The molecule has 1 spiro atoms. The lowest BCUT2D eigenvalue weighted by molar-refractivity contribution is -0.161. The number of nitrogens with zero attached hydrogens (tertiary/aromatic N) is 2. The van der Waals surface area contributed by atoms with Crippen LogP contribution in [0.2, 0.25) is 5.02 Å². The molecule has 31 heavy (non-hydrogen) atoms. The Bertz CT molecular complexity index is 1290. The van der Waals surface area contributed by atoms with Gasteiger partial charge in [0, 0.05) is 26.0 Å². The summed E-state index contributed by atoms with van der Waals surface area (Å²) in [6.07, 6.45) is 0.636. The average Bonchev–Trinajstić information content (AvgIpc) is 3.31. The van der Waals surface area contributed by atoms with Crippen LogP contribution in [0.25, 0.3) is 0 Å². The molecule has 5 nitrogen and oxygen atoms in total. The molecule has 3 heterocycles. The Morgan fingerprint density at radius 2 is 1.84 bits per heavy atom. The number of carbonyl (C=O) groups excluding carboxylic acids is 1. The summed E-state index contributed by atoms with van der Waals surface area (Å²) in [5.41, 5.74) is 2.88. The highest BCUT2D eigenvalue weighted by Gasteiger charge is 2.61. The molecule has 0 unspecified atom stereocenters. The van der Waals surface area contributed by atoms with E-state index in [0.29, 0.717) is 17.2 Å². The number of nitrogens with one attached hydrogen (secondary N) is 1. The molecule has 6 rings (SSSR count). The summed E-state index contributed by atoms with van der Waals surface area (Å²) < 4.78 is 8.33. The molecule has 154 valence electrons. The fraction of sp³-hybridized carbons (Fsp3) is 0.130. The van der Waals surface area contributed by atoms with E-state index in [1.807, 2.05) is 54.6 Å². The molecule has 3 aromatic carbocycles. The van der Waals surface area contributed by atoms with Crippen LogP contribution in [0.15, 0.2) is 74.7 Å². The van der Waals surface area contributed by atoms with Gasteiger partial charge in [0.25, 0.3) is 5.91 Å². The Hall–Kier alpha value is -2.35. The Labute approximate surface area is 200 Å². The van der Waals surface area contributed by atoms with Crippen LogP contribution in [-0.2, 0) is 10.5 Å². The lowest BCUT2D eigenvalue weighted by atomic mass is 9.92. The monoisotopic (exact) mass is 557 g/mol. The van der Waals surface area contributed by atoms with Crippen LogP contribution in [0, 0.1) is 0 Å². The van der Waals surface area contributed by atoms with Crippen molar-refractivity contribution in [1.29, 1.82) is 0 Å². The second-order valence-electron chi connectivity index (χ2n) is 7.69. The quantitative estimate of drug-likeness (QED) is 0.386. The van der Waals surface area contributed by atoms with Crippen molar-refractivity contribution in [3.05, 3.63) is 91.3 Å². The third-order valence-electron chi connectivity index (χ3n) is 5.90. The van der Waals surface area contributed by atoms with Crippen LogP contribution < -0.4 is 10.1 Å². The molecule has 2 atom stereocenters. The Balaban J connectivity index is 1.58. The predicted molar refractivity (Wildman–Crippen MR) is 126 cm³/mol. The summed E-state index contributed by atoms with van der Waals surface area (Å²) in [5.74, 6) is 0.382. The number of halogens is 3. The van der Waals surface area contributed by atoms with Crippen molar-refractivity contribution in [2.75, 3.05) is 5.32 Å². The third-order valence-corrected chi connectivity index (χ3v) is 7.16. The van der Waals surface area contributed by atoms with Crippen molar-refractivity contribution in [3.63, 3.8) is 0 Å². The van der Waals surface area contributed by atoms with Crippen molar-refractivity contribution in [3.8, 4) is 5.75 Å². The molecule has 0 bridgehead atoms. The minimum absolute atomic E-state index is 0.184. The summed E-state index contributed by atoms with van der Waals surface area (Å²) in [6, 6.07) is 19.0. The maximum atomic E-state index is 13.4. The number of amides is 1. The fourth-order valence-corrected chi connectivity index (χ4v) is 5.31. The second-order valence-corrected chi connectivity index (χ2v) is 9.96. The lowest BCUT2D eigenvalue weighted by Gasteiger charge is -2.44. The van der Waals surface area contributed by atoms with Crippen molar-refractivity contribution in [2.45, 2.75) is 18.2 Å². The SMILES string of the molecule is O=C1Nc2ccc(Br)cc2[C@@]12Oc1ccc(Cl)cc1[C@H]1CC(c3ccc(Br)cc3)=NN12. The van der Waals surface area contributed by atoms with E-state index in [2.05, 4.69) is 37.2 Å². The smallest absolute Gasteiger partial charge is 0.306 e. The maximum absolute atomic E-state index is 13.4. The molecule has 3 aliphatic rings. The highest BCUT2D eigenvalue weighted by Crippen LogP contribution is 2.54. The van der Waals surface area contributed by atoms with E-state index in [4.69, 9.17) is 21.4 Å². The predicted octanol–water partition coefficient (Wildman–Crippen LogP) is 6.21. The van der Waals surface area contributed by atoms with Gasteiger partial charge >= 0.3 is 5.72 Å². The van der Waals surface area contributed by atoms with E-state index < -0.39 is 5.72 Å². The minimum Gasteiger partial charge on any atom is -0.453 e. The van der Waals surface area contributed by atoms with E-state index in [1.165, 1.54) is 0 Å². The largest absolute Gasteiger partial charge is 0.453 e. The summed E-state index contributed by atoms with van der Waals surface area (Å²) in [4.78, 5) is 13.4. The number of fused-ring (bicyclic) bond motifs is 6. The van der Waals surface area contributed by atoms with Gasteiger partial charge in [-0.3, -0.25) is 4.79 Å². The first-order chi connectivity index (χ1) is 15.0. The number of ether oxygens (including phenoxy) is 1. The average molecular weight is 560 g/mol. The summed E-state index contributed by atoms with van der Waals surface area (Å²) in [7, 11) is 0. The first-order valence-electron chi connectivity index (χ1n) is 9.68. The summed E-state index contributed by atoms with van der Waals surface area (Å²) in [6.45, 7) is 0. The Morgan fingerprint density at radius 3 is 2.65 bits per heavy atom. The van der Waals surface area contributed by atoms with E-state index in [9.17, 15) is 4.79 Å². The second kappa shape index (κ2) is 6.82. The molecule has 3 aliphatic heterocycles. The zero-order valence-electron chi connectivity index (χ0n) is 15.9. The molecule has 1 amide bonds. The van der Waals surface area contributed by atoms with Crippen molar-refractivity contribution in [1.82, 2.24) is 5.01 Å². The zero-order chi connectivity index (χ0) is 21.3. The number of hydrazone groups is 1. The van der Waals surface area contributed by atoms with Gasteiger partial charge in [-0.1, -0.05) is 55.6 Å². The van der Waals surface area contributed by atoms with Gasteiger partial charge in [0.15, 0.2) is 0 Å². The van der Waals surface area contributed by atoms with Crippen molar-refractivity contribution >= 4 is 60.8 Å². The van der Waals surface area contributed by atoms with E-state index >= 15 is 0 Å². The van der Waals surface area contributed by atoms with Crippen LogP contribution in [0.5, 0.6) is 5.75 Å². The molecule has 0 radical (unpaired) electrons. The summed E-state index contributed by atoms with van der Waals surface area (Å²) >= 11 is 13.3. The molecular formula is C23H14Br2ClN3O2. The van der Waals surface area contributed by atoms with Gasteiger partial charge in [0.1, 0.15) is 5.75 Å². The molecule has 8 heteroatoms. The fourth-order valence-electron chi connectivity index (χ4n) is 4.50. The van der Waals surface area contributed by atoms with Gasteiger partial charge < -0.3 is 10.1 Å². The van der Waals surface area contributed by atoms with Crippen LogP contribution in [0.4, 0.5) is 5.69 Å². The van der Waals surface area contributed by atoms with Gasteiger partial charge in [-0.05, 0) is 54.1 Å². The Morgan fingerprint density at radius 1 is 1.06 bits per heavy atom. The highest BCUT2D eigenvalue weighted by molar-refractivity contribution is 9.10. The lowest BCUT2D eigenvalue weighted by Crippen LogP contribution is -2.55. The minimum atomic E-state index is -1.39. The van der Waals surface area contributed by atoms with Crippen molar-refractivity contribution < 1.29 is 9.53 Å². The first-order valence-corrected chi connectivity index (χ1v) is 11.6. The van der Waals surface area contributed by atoms with Crippen LogP contribution >= 0.6 is 43.5 Å². The molecule has 3 aromatic rings. The topological polar surface area (TPSA) is 53.9 Å². The van der Waals surface area contributed by atoms with E-state index in [0.717, 1.165) is 37.0 Å². The molecule has 0 aliphatic carbocycles. The standard InChI is InChI=1S/C23H14Br2ClN3O2/c24-13-3-1-12(2-4-13)19-11-20-16-10-15(26)6-8-21(16)31-23(29(20)28-19)17-9-14(25)5-7-18(17)27-22(23)30/h1-10,20H,11H2,(H,27,30)/t20-,23-/m1/s1. The number of benzene rings is 3. The molecule has 0 saturated carbocycles. The number of carbonyl (C=O) groups is 1. The third kappa shape index (κ3) is 2.80. The molecular weight excluding hydrogens is 546 g/mol. The molecule has 1 N–H and O–H groups in total. The normalized spacial score (nSPS) is 23.1. The van der Waals surface area contributed by atoms with Gasteiger partial charge in [0.05, 0.1) is 23.0 Å². The van der Waals surface area contributed by atoms with Gasteiger partial charge in [-0.15, -0.1) is 0 Å². The van der Waals surface area contributed by atoms with Crippen LogP contribution in [0.3, 0.4) is 0 Å². The number of rotatable bonds is 1. The maximum Gasteiger partial charge on any atom is 0.306 e.